The highest BCUT2D eigenvalue weighted by atomic mass is 35.5. The molecule has 2 heterocycles. The first kappa shape index (κ1) is 15.8. The molecule has 3 N–H and O–H groups in total. The highest BCUT2D eigenvalue weighted by Crippen LogP contribution is 2.53. The molecule has 0 unspecified atom stereocenters. The molecule has 3 rings (SSSR count). The molecule has 22 heavy (non-hydrogen) atoms. The monoisotopic (exact) mass is 329 g/mol. The lowest BCUT2D eigenvalue weighted by Gasteiger charge is -2.55. The molecule has 122 valence electrons. The molecule has 1 amide bonds. The van der Waals surface area contributed by atoms with Gasteiger partial charge in [0.05, 0.1) is 18.6 Å². The third kappa shape index (κ3) is 1.80. The Morgan fingerprint density at radius 3 is 2.82 bits per heavy atom. The second-order valence-electron chi connectivity index (χ2n) is 6.23. The maximum Gasteiger partial charge on any atom is 0.339 e. The van der Waals surface area contributed by atoms with Crippen molar-refractivity contribution in [3.05, 3.63) is 12.2 Å². The number of carbonyl (C=O) groups is 2. The highest BCUT2D eigenvalue weighted by molar-refractivity contribution is 6.18. The molecule has 6 nitrogen and oxygen atoms in total. The topological polar surface area (TPSA) is 95.9 Å². The molecule has 1 aliphatic carbocycles. The number of halogens is 1. The van der Waals surface area contributed by atoms with Crippen molar-refractivity contribution in [2.24, 2.45) is 11.8 Å². The van der Waals surface area contributed by atoms with Crippen molar-refractivity contribution in [1.82, 2.24) is 5.32 Å². The number of allylic oxidation sites excluding steroid dienone is 1. The third-order valence-corrected chi connectivity index (χ3v) is 5.46. The van der Waals surface area contributed by atoms with Gasteiger partial charge in [0.15, 0.2) is 5.60 Å². The van der Waals surface area contributed by atoms with Gasteiger partial charge in [-0.15, -0.1) is 11.6 Å². The zero-order valence-corrected chi connectivity index (χ0v) is 12.9. The van der Waals surface area contributed by atoms with Crippen molar-refractivity contribution in [2.45, 2.75) is 42.9 Å². The van der Waals surface area contributed by atoms with E-state index in [0.29, 0.717) is 0 Å². The average molecular weight is 330 g/mol. The van der Waals surface area contributed by atoms with Gasteiger partial charge >= 0.3 is 5.97 Å². The molecule has 0 aromatic carbocycles. The fourth-order valence-electron chi connectivity index (χ4n) is 4.06. The van der Waals surface area contributed by atoms with Crippen LogP contribution in [0, 0.1) is 11.8 Å². The van der Waals surface area contributed by atoms with Crippen molar-refractivity contribution in [1.29, 1.82) is 0 Å². The number of nitrogens with one attached hydrogen (secondary N) is 1. The first-order valence-corrected chi connectivity index (χ1v) is 8.14. The van der Waals surface area contributed by atoms with E-state index >= 15 is 0 Å². The number of amides is 1. The second-order valence-corrected chi connectivity index (χ2v) is 6.61. The lowest BCUT2D eigenvalue weighted by atomic mass is 9.64. The minimum atomic E-state index is -1.57. The van der Waals surface area contributed by atoms with Crippen LogP contribution in [0.15, 0.2) is 12.2 Å². The van der Waals surface area contributed by atoms with E-state index in [-0.39, 0.29) is 18.2 Å². The van der Waals surface area contributed by atoms with Crippen LogP contribution < -0.4 is 5.32 Å². The zero-order chi connectivity index (χ0) is 16.0. The van der Waals surface area contributed by atoms with Crippen LogP contribution in [-0.4, -0.2) is 51.8 Å². The van der Waals surface area contributed by atoms with Gasteiger partial charge in [-0.1, -0.05) is 12.2 Å². The second kappa shape index (κ2) is 5.51. The van der Waals surface area contributed by atoms with E-state index in [1.54, 1.807) is 0 Å². The Kier molecular flexibility index (Phi) is 3.95. The van der Waals surface area contributed by atoms with E-state index in [1.165, 1.54) is 0 Å². The molecular formula is C15H20ClNO5. The van der Waals surface area contributed by atoms with Crippen molar-refractivity contribution < 1.29 is 24.5 Å². The molecule has 0 aromatic rings. The smallest absolute Gasteiger partial charge is 0.339 e. The zero-order valence-electron chi connectivity index (χ0n) is 12.1. The summed E-state index contributed by atoms with van der Waals surface area (Å²) < 4.78 is 5.24. The summed E-state index contributed by atoms with van der Waals surface area (Å²) in [5, 5.41) is 23.3. The first-order chi connectivity index (χ1) is 10.5. The van der Waals surface area contributed by atoms with Crippen LogP contribution in [-0.2, 0) is 14.3 Å². The standard InChI is InChI=1S/C15H20ClNO5/c16-7-6-10-12(20)17-15(13(21)22-14(10,15)8-18)11(19)9-4-2-1-3-5-9/h2,4,9-11,18-19H,1,3,5-8H2,(H,17,20)/t9-,10+,11+,14+,15+/m1/s1. The van der Waals surface area contributed by atoms with Crippen LogP contribution in [0.3, 0.4) is 0 Å². The summed E-state index contributed by atoms with van der Waals surface area (Å²) in [5.74, 6) is -1.87. The lowest BCUT2D eigenvalue weighted by molar-refractivity contribution is -0.252. The van der Waals surface area contributed by atoms with Crippen LogP contribution in [0.4, 0.5) is 0 Å². The number of hydrogen-bond donors (Lipinski definition) is 3. The van der Waals surface area contributed by atoms with E-state index in [1.807, 2.05) is 12.2 Å². The summed E-state index contributed by atoms with van der Waals surface area (Å²) in [6.07, 6.45) is 5.56. The molecule has 3 aliphatic rings. The number of carbonyl (C=O) groups excluding carboxylic acids is 2. The predicted molar refractivity (Wildman–Crippen MR) is 78.1 cm³/mol. The Balaban J connectivity index is 1.98. The summed E-state index contributed by atoms with van der Waals surface area (Å²) in [5.41, 5.74) is -2.98. The Labute approximate surface area is 133 Å². The summed E-state index contributed by atoms with van der Waals surface area (Å²) in [6, 6.07) is 0. The van der Waals surface area contributed by atoms with Gasteiger partial charge in [0.25, 0.3) is 0 Å². The molecule has 2 aliphatic heterocycles. The molecule has 0 radical (unpaired) electrons. The summed E-state index contributed by atoms with van der Waals surface area (Å²) >= 11 is 5.74. The van der Waals surface area contributed by atoms with Gasteiger partial charge in [0.1, 0.15) is 0 Å². The summed E-state index contributed by atoms with van der Waals surface area (Å²) in [6.45, 7) is -0.521. The van der Waals surface area contributed by atoms with Crippen LogP contribution in [0.2, 0.25) is 0 Å². The molecule has 7 heteroatoms. The number of aliphatic hydroxyl groups excluding tert-OH is 2. The van der Waals surface area contributed by atoms with E-state index in [2.05, 4.69) is 5.32 Å². The van der Waals surface area contributed by atoms with E-state index in [9.17, 15) is 19.8 Å². The van der Waals surface area contributed by atoms with Gasteiger partial charge in [-0.05, 0) is 25.7 Å². The number of alkyl halides is 1. The van der Waals surface area contributed by atoms with Crippen LogP contribution in [0.1, 0.15) is 25.7 Å². The number of fused-ring (bicyclic) bond motifs is 1. The van der Waals surface area contributed by atoms with Gasteiger partial charge in [-0.3, -0.25) is 4.79 Å². The fourth-order valence-corrected chi connectivity index (χ4v) is 4.28. The lowest BCUT2D eigenvalue weighted by Crippen LogP contribution is -2.82. The highest BCUT2D eigenvalue weighted by Gasteiger charge is 2.81. The Morgan fingerprint density at radius 1 is 1.50 bits per heavy atom. The number of hydrogen-bond acceptors (Lipinski definition) is 5. The predicted octanol–water partition coefficient (Wildman–Crippen LogP) is 0.105. The van der Waals surface area contributed by atoms with Crippen LogP contribution >= 0.6 is 11.6 Å². The number of esters is 1. The normalized spacial score (nSPS) is 41.4. The van der Waals surface area contributed by atoms with Gasteiger partial charge in [-0.25, -0.2) is 4.79 Å². The van der Waals surface area contributed by atoms with Crippen molar-refractivity contribution in [3.8, 4) is 0 Å². The minimum Gasteiger partial charge on any atom is -0.451 e. The minimum absolute atomic E-state index is 0.201. The largest absolute Gasteiger partial charge is 0.451 e. The SMILES string of the molecule is O=C1N[C@@]2([C@@H](O)[C@@H]3C=CCCC3)C(=O)O[C@@]2(CO)[C@H]1CCCl. The average Bonchev–Trinajstić information content (AvgIpc) is 2.73. The molecule has 5 atom stereocenters. The molecule has 0 saturated carbocycles. The summed E-state index contributed by atoms with van der Waals surface area (Å²) in [7, 11) is 0. The van der Waals surface area contributed by atoms with Crippen LogP contribution in [0.5, 0.6) is 0 Å². The van der Waals surface area contributed by atoms with Gasteiger partial charge in [-0.2, -0.15) is 0 Å². The molecule has 2 fully saturated rings. The maximum absolute atomic E-state index is 12.3. The van der Waals surface area contributed by atoms with E-state index in [0.717, 1.165) is 19.3 Å². The van der Waals surface area contributed by atoms with Crippen molar-refractivity contribution in [3.63, 3.8) is 0 Å². The Morgan fingerprint density at radius 2 is 2.27 bits per heavy atom. The van der Waals surface area contributed by atoms with Crippen LogP contribution in [0.25, 0.3) is 0 Å². The van der Waals surface area contributed by atoms with Gasteiger partial charge in [0.2, 0.25) is 11.4 Å². The number of aliphatic hydroxyl groups is 2. The first-order valence-electron chi connectivity index (χ1n) is 7.60. The molecule has 0 bridgehead atoms. The quantitative estimate of drug-likeness (QED) is 0.378. The van der Waals surface area contributed by atoms with Gasteiger partial charge < -0.3 is 20.3 Å². The number of ether oxygens (including phenoxy) is 1. The molecule has 2 saturated heterocycles. The summed E-state index contributed by atoms with van der Waals surface area (Å²) in [4.78, 5) is 24.5. The molecule has 0 aromatic heterocycles. The Bertz CT molecular complexity index is 524. The molecule has 0 spiro atoms. The van der Waals surface area contributed by atoms with E-state index < -0.39 is 41.6 Å². The van der Waals surface area contributed by atoms with Crippen molar-refractivity contribution in [2.75, 3.05) is 12.5 Å². The fraction of sp³-hybridized carbons (Fsp3) is 0.733. The van der Waals surface area contributed by atoms with E-state index in [4.69, 9.17) is 16.3 Å². The van der Waals surface area contributed by atoms with Crippen molar-refractivity contribution >= 4 is 23.5 Å². The third-order valence-electron chi connectivity index (χ3n) is 5.24. The maximum atomic E-state index is 12.3. The number of rotatable bonds is 5. The van der Waals surface area contributed by atoms with Gasteiger partial charge in [0, 0.05) is 11.8 Å². The Hall–Kier alpha value is -1.11. The molecular weight excluding hydrogens is 310 g/mol.